The number of rotatable bonds is 8. The van der Waals surface area contributed by atoms with Crippen LogP contribution < -0.4 is 15.6 Å². The summed E-state index contributed by atoms with van der Waals surface area (Å²) in [5, 5.41) is 3.02. The lowest BCUT2D eigenvalue weighted by atomic mass is 9.96. The number of hydrogen-bond acceptors (Lipinski definition) is 5. The highest BCUT2D eigenvalue weighted by Gasteiger charge is 2.22. The summed E-state index contributed by atoms with van der Waals surface area (Å²) in [6.45, 7) is 6.98. The van der Waals surface area contributed by atoms with Crippen LogP contribution in [-0.2, 0) is 4.74 Å². The molecular weight excluding hydrogens is 248 g/mol. The summed E-state index contributed by atoms with van der Waals surface area (Å²) in [5.41, 5.74) is 1.80. The second kappa shape index (κ2) is 6.97. The smallest absolute Gasteiger partial charge is 0.220 e. The van der Waals surface area contributed by atoms with E-state index in [1.165, 1.54) is 0 Å². The lowest BCUT2D eigenvalue weighted by molar-refractivity contribution is 0.144. The Hall–Kier alpha value is -0.780. The Kier molecular flexibility index (Phi) is 5.91. The summed E-state index contributed by atoms with van der Waals surface area (Å²) in [7, 11) is 3.81. The minimum Gasteiger partial charge on any atom is -0.378 e. The van der Waals surface area contributed by atoms with Crippen LogP contribution in [0.4, 0.5) is 5.69 Å². The third kappa shape index (κ3) is 3.37. The third-order valence-corrected chi connectivity index (χ3v) is 3.35. The van der Waals surface area contributed by atoms with E-state index >= 15 is 0 Å². The number of likely N-dealkylation sites (N-methyl/N-ethyl adjacent to an activating group) is 2. The number of anilines is 1. The first-order chi connectivity index (χ1) is 8.50. The predicted octanol–water partition coefficient (Wildman–Crippen LogP) is 1.45. The van der Waals surface area contributed by atoms with Crippen molar-refractivity contribution in [2.45, 2.75) is 19.8 Å². The monoisotopic (exact) mass is 270 g/mol. The van der Waals surface area contributed by atoms with E-state index in [1.54, 1.807) is 0 Å². The molecule has 1 N–H and O–H groups in total. The zero-order chi connectivity index (χ0) is 13.7. The van der Waals surface area contributed by atoms with Crippen molar-refractivity contribution in [2.24, 2.45) is 0 Å². The molecule has 0 aliphatic rings. The van der Waals surface area contributed by atoms with Gasteiger partial charge in [-0.2, -0.15) is 0 Å². The standard InChI is InChI=1S/C13H22N2O2S/c1-9(2)10-11(12(16)13(10)18)15(4)6-8-17-7-5-14-3/h9,14H,5-8H2,1-4H3. The quantitative estimate of drug-likeness (QED) is 0.572. The van der Waals surface area contributed by atoms with Crippen LogP contribution in [0.5, 0.6) is 0 Å². The van der Waals surface area contributed by atoms with Crippen LogP contribution in [0.25, 0.3) is 0 Å². The molecule has 0 saturated carbocycles. The van der Waals surface area contributed by atoms with Crippen molar-refractivity contribution >= 4 is 17.9 Å². The van der Waals surface area contributed by atoms with Gasteiger partial charge in [0.1, 0.15) is 0 Å². The highest BCUT2D eigenvalue weighted by atomic mass is 32.1. The van der Waals surface area contributed by atoms with E-state index in [0.29, 0.717) is 30.2 Å². The maximum atomic E-state index is 11.8. The van der Waals surface area contributed by atoms with Crippen molar-refractivity contribution in [2.75, 3.05) is 45.3 Å². The van der Waals surface area contributed by atoms with E-state index in [-0.39, 0.29) is 5.43 Å². The van der Waals surface area contributed by atoms with E-state index in [2.05, 4.69) is 19.2 Å². The van der Waals surface area contributed by atoms with Gasteiger partial charge in [0.05, 0.1) is 23.4 Å². The molecular formula is C13H22N2O2S. The van der Waals surface area contributed by atoms with Crippen molar-refractivity contribution in [3.05, 3.63) is 20.3 Å². The first-order valence-corrected chi connectivity index (χ1v) is 6.68. The summed E-state index contributed by atoms with van der Waals surface area (Å²) in [5.74, 6) is 0.304. The van der Waals surface area contributed by atoms with Crippen molar-refractivity contribution in [3.8, 4) is 0 Å². The van der Waals surface area contributed by atoms with Crippen molar-refractivity contribution in [1.29, 1.82) is 0 Å². The molecule has 102 valence electrons. The van der Waals surface area contributed by atoms with Gasteiger partial charge in [0, 0.05) is 25.7 Å². The van der Waals surface area contributed by atoms with E-state index < -0.39 is 0 Å². The molecule has 0 aromatic heterocycles. The van der Waals surface area contributed by atoms with Gasteiger partial charge in [0.25, 0.3) is 0 Å². The molecule has 0 saturated heterocycles. The van der Waals surface area contributed by atoms with Crippen LogP contribution in [0.3, 0.4) is 0 Å². The second-order valence-electron chi connectivity index (χ2n) is 4.71. The van der Waals surface area contributed by atoms with Gasteiger partial charge in [0.2, 0.25) is 5.43 Å². The molecule has 0 atom stereocenters. The molecule has 1 aromatic rings. The first-order valence-electron chi connectivity index (χ1n) is 6.27. The molecule has 0 heterocycles. The Labute approximate surface area is 114 Å². The molecule has 0 amide bonds. The molecule has 1 rings (SSSR count). The van der Waals surface area contributed by atoms with Crippen LogP contribution in [0.2, 0.25) is 0 Å². The lowest BCUT2D eigenvalue weighted by Gasteiger charge is -2.25. The largest absolute Gasteiger partial charge is 0.378 e. The highest BCUT2D eigenvalue weighted by molar-refractivity contribution is 7.71. The van der Waals surface area contributed by atoms with Crippen LogP contribution in [0.1, 0.15) is 25.3 Å². The molecule has 1 aromatic carbocycles. The molecule has 0 aliphatic carbocycles. The summed E-state index contributed by atoms with van der Waals surface area (Å²) in [6, 6.07) is 0. The molecule has 0 unspecified atom stereocenters. The van der Waals surface area contributed by atoms with E-state index in [0.717, 1.165) is 17.8 Å². The molecule has 5 heteroatoms. The fraction of sp³-hybridized carbons (Fsp3) is 0.692. The summed E-state index contributed by atoms with van der Waals surface area (Å²) in [6.07, 6.45) is 0. The van der Waals surface area contributed by atoms with Crippen molar-refractivity contribution in [1.82, 2.24) is 5.32 Å². The SMILES string of the molecule is CNCCOCCN(C)c1c(C(C)C)c(=S)c1=O. The Morgan fingerprint density at radius 3 is 2.61 bits per heavy atom. The summed E-state index contributed by atoms with van der Waals surface area (Å²) >= 11 is 5.10. The average Bonchev–Trinajstić information content (AvgIpc) is 2.33. The van der Waals surface area contributed by atoms with Gasteiger partial charge >= 0.3 is 0 Å². The molecule has 0 aliphatic heterocycles. The summed E-state index contributed by atoms with van der Waals surface area (Å²) < 4.78 is 5.95. The topological polar surface area (TPSA) is 41.6 Å². The van der Waals surface area contributed by atoms with E-state index in [1.807, 2.05) is 19.0 Å². The number of hydrogen-bond donors (Lipinski definition) is 1. The normalized spacial score (nSPS) is 11.4. The molecule has 0 fully saturated rings. The Balaban J connectivity index is 2.52. The first kappa shape index (κ1) is 15.3. The Bertz CT molecular complexity index is 450. The van der Waals surface area contributed by atoms with Gasteiger partial charge in [-0.15, -0.1) is 0 Å². The van der Waals surface area contributed by atoms with Crippen molar-refractivity contribution < 1.29 is 4.74 Å². The van der Waals surface area contributed by atoms with Gasteiger partial charge in [0.15, 0.2) is 0 Å². The maximum absolute atomic E-state index is 11.8. The molecule has 0 radical (unpaired) electrons. The lowest BCUT2D eigenvalue weighted by Crippen LogP contribution is -2.33. The van der Waals surface area contributed by atoms with Gasteiger partial charge in [-0.1, -0.05) is 26.1 Å². The Morgan fingerprint density at radius 1 is 1.39 bits per heavy atom. The fourth-order valence-corrected chi connectivity index (χ4v) is 2.33. The van der Waals surface area contributed by atoms with Crippen LogP contribution >= 0.6 is 12.2 Å². The van der Waals surface area contributed by atoms with Crippen LogP contribution in [0, 0.1) is 4.51 Å². The van der Waals surface area contributed by atoms with Gasteiger partial charge in [-0.3, -0.25) is 4.79 Å². The minimum absolute atomic E-state index is 0.00595. The van der Waals surface area contributed by atoms with Gasteiger partial charge in [-0.05, 0) is 13.0 Å². The number of nitrogens with zero attached hydrogens (tertiary/aromatic N) is 1. The highest BCUT2D eigenvalue weighted by Crippen LogP contribution is 2.27. The molecule has 18 heavy (non-hydrogen) atoms. The molecule has 0 spiro atoms. The zero-order valence-electron chi connectivity index (χ0n) is 11.6. The van der Waals surface area contributed by atoms with Gasteiger partial charge in [-0.25, -0.2) is 0 Å². The molecule has 4 nitrogen and oxygen atoms in total. The van der Waals surface area contributed by atoms with Crippen molar-refractivity contribution in [3.63, 3.8) is 0 Å². The maximum Gasteiger partial charge on any atom is 0.220 e. The number of ether oxygens (including phenoxy) is 1. The average molecular weight is 270 g/mol. The van der Waals surface area contributed by atoms with Gasteiger partial charge < -0.3 is 15.0 Å². The predicted molar refractivity (Wildman–Crippen MR) is 78.0 cm³/mol. The second-order valence-corrected chi connectivity index (χ2v) is 5.12. The third-order valence-electron chi connectivity index (χ3n) is 2.95. The number of nitrogens with one attached hydrogen (secondary N) is 1. The van der Waals surface area contributed by atoms with Crippen LogP contribution in [-0.4, -0.2) is 40.4 Å². The summed E-state index contributed by atoms with van der Waals surface area (Å²) in [4.78, 5) is 13.7. The molecule has 0 bridgehead atoms. The van der Waals surface area contributed by atoms with E-state index in [9.17, 15) is 4.79 Å². The fourth-order valence-electron chi connectivity index (χ4n) is 1.90. The Morgan fingerprint density at radius 2 is 2.06 bits per heavy atom. The van der Waals surface area contributed by atoms with Crippen LogP contribution in [0.15, 0.2) is 4.79 Å². The zero-order valence-corrected chi connectivity index (χ0v) is 12.4. The minimum atomic E-state index is 0.00595. The van der Waals surface area contributed by atoms with E-state index in [4.69, 9.17) is 17.0 Å².